The Bertz CT molecular complexity index is 1870. The van der Waals surface area contributed by atoms with Gasteiger partial charge < -0.3 is 19.9 Å². The molecule has 0 spiro atoms. The van der Waals surface area contributed by atoms with Crippen LogP contribution in [0, 0.1) is 0 Å². The van der Waals surface area contributed by atoms with Gasteiger partial charge >= 0.3 is 17.6 Å². The Hall–Kier alpha value is -5.23. The van der Waals surface area contributed by atoms with Gasteiger partial charge in [-0.3, -0.25) is 14.0 Å². The van der Waals surface area contributed by atoms with E-state index in [1.165, 1.54) is 29.0 Å². The van der Waals surface area contributed by atoms with Crippen LogP contribution in [0.1, 0.15) is 39.1 Å². The number of pyridine rings is 1. The van der Waals surface area contributed by atoms with E-state index in [4.69, 9.17) is 5.11 Å². The number of carboxylic acids is 2. The average molecular weight is 555 g/mol. The number of phenols is 1. The van der Waals surface area contributed by atoms with Crippen LogP contribution in [0.25, 0.3) is 28.0 Å². The predicted molar refractivity (Wildman–Crippen MR) is 148 cm³/mol. The van der Waals surface area contributed by atoms with E-state index in [0.29, 0.717) is 59.9 Å². The number of carbonyl (C=O) groups is 2. The highest BCUT2D eigenvalue weighted by Crippen LogP contribution is 2.33. The molecule has 2 aromatic carbocycles. The number of hydrogen-bond donors (Lipinski definition) is 3. The minimum Gasteiger partial charge on any atom is -0.507 e. The molecule has 0 radical (unpaired) electrons. The monoisotopic (exact) mass is 554 g/mol. The number of fused-ring (bicyclic) bond motifs is 1. The molecule has 6 rings (SSSR count). The number of rotatable bonds is 7. The molecule has 41 heavy (non-hydrogen) atoms. The van der Waals surface area contributed by atoms with Crippen LogP contribution in [-0.2, 0) is 13.6 Å². The van der Waals surface area contributed by atoms with Gasteiger partial charge in [-0.05, 0) is 48.4 Å². The van der Waals surface area contributed by atoms with E-state index in [0.717, 1.165) is 0 Å². The van der Waals surface area contributed by atoms with Gasteiger partial charge in [0, 0.05) is 38.0 Å². The van der Waals surface area contributed by atoms with Crippen molar-refractivity contribution in [1.82, 2.24) is 28.6 Å². The van der Waals surface area contributed by atoms with Gasteiger partial charge in [-0.15, -0.1) is 0 Å². The third-order valence-electron chi connectivity index (χ3n) is 7.60. The van der Waals surface area contributed by atoms with E-state index in [-0.39, 0.29) is 28.7 Å². The molecule has 1 aliphatic heterocycles. The molecule has 3 aromatic heterocycles. The number of nitrogens with zero attached hydrogens (tertiary/aromatic N) is 6. The molecule has 1 unspecified atom stereocenters. The van der Waals surface area contributed by atoms with E-state index in [9.17, 15) is 24.6 Å². The van der Waals surface area contributed by atoms with Crippen molar-refractivity contribution in [2.45, 2.75) is 19.0 Å². The van der Waals surface area contributed by atoms with E-state index < -0.39 is 11.9 Å². The van der Waals surface area contributed by atoms with Gasteiger partial charge in [0.2, 0.25) is 0 Å². The molecule has 0 saturated carbocycles. The van der Waals surface area contributed by atoms with E-state index in [2.05, 4.69) is 14.9 Å². The molecule has 1 aliphatic rings. The second-order valence-corrected chi connectivity index (χ2v) is 10.0. The number of likely N-dealkylation sites (tertiary alicyclic amines) is 1. The predicted octanol–water partition coefficient (Wildman–Crippen LogP) is 3.14. The van der Waals surface area contributed by atoms with E-state index in [1.54, 1.807) is 52.7 Å². The summed E-state index contributed by atoms with van der Waals surface area (Å²) in [5.41, 5.74) is 2.73. The normalized spacial score (nSPS) is 15.5. The minimum absolute atomic E-state index is 0.0508. The number of phenolic OH excluding ortho intramolecular Hbond substituents is 1. The number of aromatic carboxylic acids is 2. The van der Waals surface area contributed by atoms with Crippen LogP contribution in [0.15, 0.2) is 71.8 Å². The lowest BCUT2D eigenvalue weighted by Crippen LogP contribution is -2.29. The zero-order chi connectivity index (χ0) is 28.8. The quantitative estimate of drug-likeness (QED) is 0.275. The Morgan fingerprint density at radius 3 is 2.49 bits per heavy atom. The summed E-state index contributed by atoms with van der Waals surface area (Å²) < 4.78 is 4.78. The van der Waals surface area contributed by atoms with Crippen molar-refractivity contribution in [3.63, 3.8) is 0 Å². The molecule has 4 heterocycles. The van der Waals surface area contributed by atoms with Crippen LogP contribution in [0.4, 0.5) is 0 Å². The zero-order valence-electron chi connectivity index (χ0n) is 22.0. The average Bonchev–Trinajstić information content (AvgIpc) is 3.64. The summed E-state index contributed by atoms with van der Waals surface area (Å²) in [6, 6.07) is 14.5. The molecular weight excluding hydrogens is 528 g/mol. The highest BCUT2D eigenvalue weighted by molar-refractivity contribution is 5.88. The third kappa shape index (κ3) is 4.53. The Morgan fingerprint density at radius 1 is 1.02 bits per heavy atom. The van der Waals surface area contributed by atoms with Gasteiger partial charge in [0.1, 0.15) is 17.3 Å². The topological polar surface area (TPSA) is 156 Å². The van der Waals surface area contributed by atoms with Gasteiger partial charge in [0.25, 0.3) is 0 Å². The first-order chi connectivity index (χ1) is 19.7. The van der Waals surface area contributed by atoms with Crippen LogP contribution in [0.5, 0.6) is 5.75 Å². The lowest BCUT2D eigenvalue weighted by molar-refractivity contribution is 0.0679. The molecule has 1 saturated heterocycles. The molecule has 0 bridgehead atoms. The van der Waals surface area contributed by atoms with Gasteiger partial charge in [0.15, 0.2) is 5.65 Å². The summed E-state index contributed by atoms with van der Waals surface area (Å²) in [6.07, 6.45) is 3.68. The smallest absolute Gasteiger partial charge is 0.354 e. The van der Waals surface area contributed by atoms with Gasteiger partial charge in [0.05, 0.1) is 35.6 Å². The molecule has 12 heteroatoms. The molecule has 1 atom stereocenters. The maximum atomic E-state index is 13.9. The SMILES string of the molecule is Cn1c(C(=O)O)cnc1CN1CCC(n2c(=O)n(-c3ccc(-c4ccc(C(=O)O)cc4)c(O)c3)c3cccnc32)C1. The second kappa shape index (κ2) is 10.1. The van der Waals surface area contributed by atoms with Crippen LogP contribution in [0.3, 0.4) is 0 Å². The standard InChI is InChI=1S/C29H26N6O6/c1-32-23(28(39)40)14-31-25(32)16-33-12-10-20(15-33)35-26-22(3-2-11-30-26)34(29(35)41)19-8-9-21(24(36)13-19)17-4-6-18(7-5-17)27(37)38/h2-9,11,13-14,20,36H,10,12,15-16H2,1H3,(H,37,38)(H,39,40). The number of hydrogen-bond acceptors (Lipinski definition) is 7. The molecule has 208 valence electrons. The van der Waals surface area contributed by atoms with Crippen LogP contribution in [-0.4, -0.2) is 68.9 Å². The Morgan fingerprint density at radius 2 is 1.80 bits per heavy atom. The Kier molecular flexibility index (Phi) is 6.39. The third-order valence-corrected chi connectivity index (χ3v) is 7.60. The summed E-state index contributed by atoms with van der Waals surface area (Å²) in [6.45, 7) is 1.70. The van der Waals surface area contributed by atoms with Crippen molar-refractivity contribution in [1.29, 1.82) is 0 Å². The summed E-state index contributed by atoms with van der Waals surface area (Å²) in [4.78, 5) is 47.4. The fraction of sp³-hybridized carbons (Fsp3) is 0.207. The van der Waals surface area contributed by atoms with Crippen LogP contribution < -0.4 is 5.69 Å². The number of aromatic hydroxyl groups is 1. The van der Waals surface area contributed by atoms with Crippen molar-refractivity contribution in [3.8, 4) is 22.6 Å². The van der Waals surface area contributed by atoms with Crippen molar-refractivity contribution in [2.24, 2.45) is 7.05 Å². The zero-order valence-corrected chi connectivity index (χ0v) is 22.0. The summed E-state index contributed by atoms with van der Waals surface area (Å²) in [7, 11) is 1.67. The van der Waals surface area contributed by atoms with Crippen molar-refractivity contribution >= 4 is 23.1 Å². The molecule has 3 N–H and O–H groups in total. The fourth-order valence-electron chi connectivity index (χ4n) is 5.48. The van der Waals surface area contributed by atoms with Gasteiger partial charge in [-0.1, -0.05) is 12.1 Å². The minimum atomic E-state index is -1.04. The molecule has 12 nitrogen and oxygen atoms in total. The number of aromatic nitrogens is 5. The Balaban J connectivity index is 1.32. The number of imidazole rings is 2. The summed E-state index contributed by atoms with van der Waals surface area (Å²) in [5, 5.41) is 29.4. The number of carboxylic acid groups (broad SMARTS) is 2. The van der Waals surface area contributed by atoms with E-state index in [1.807, 2.05) is 6.07 Å². The second-order valence-electron chi connectivity index (χ2n) is 10.0. The largest absolute Gasteiger partial charge is 0.507 e. The lowest BCUT2D eigenvalue weighted by Gasteiger charge is -2.16. The lowest BCUT2D eigenvalue weighted by atomic mass is 10.0. The van der Waals surface area contributed by atoms with E-state index >= 15 is 0 Å². The fourth-order valence-corrected chi connectivity index (χ4v) is 5.48. The molecular formula is C29H26N6O6. The number of benzene rings is 2. The maximum absolute atomic E-state index is 13.9. The molecule has 0 aliphatic carbocycles. The van der Waals surface area contributed by atoms with Crippen molar-refractivity contribution in [3.05, 3.63) is 94.6 Å². The van der Waals surface area contributed by atoms with Crippen LogP contribution >= 0.6 is 0 Å². The molecule has 0 amide bonds. The highest BCUT2D eigenvalue weighted by Gasteiger charge is 2.30. The van der Waals surface area contributed by atoms with Crippen LogP contribution in [0.2, 0.25) is 0 Å². The highest BCUT2D eigenvalue weighted by atomic mass is 16.4. The van der Waals surface area contributed by atoms with Gasteiger partial charge in [-0.25, -0.2) is 24.4 Å². The van der Waals surface area contributed by atoms with Crippen molar-refractivity contribution in [2.75, 3.05) is 13.1 Å². The molecule has 5 aromatic rings. The maximum Gasteiger partial charge on any atom is 0.354 e. The van der Waals surface area contributed by atoms with Gasteiger partial charge in [-0.2, -0.15) is 0 Å². The first kappa shape index (κ1) is 26.0. The summed E-state index contributed by atoms with van der Waals surface area (Å²) in [5.74, 6) is -1.49. The Labute approximate surface area is 233 Å². The summed E-state index contributed by atoms with van der Waals surface area (Å²) >= 11 is 0. The van der Waals surface area contributed by atoms with Crippen molar-refractivity contribution < 1.29 is 24.9 Å². The molecule has 1 fully saturated rings. The first-order valence-electron chi connectivity index (χ1n) is 12.9. The first-order valence-corrected chi connectivity index (χ1v) is 12.9.